The lowest BCUT2D eigenvalue weighted by molar-refractivity contribution is 0.0532. The Morgan fingerprint density at radius 2 is 1.92 bits per heavy atom. The summed E-state index contributed by atoms with van der Waals surface area (Å²) in [7, 11) is -3.81. The highest BCUT2D eigenvalue weighted by Crippen LogP contribution is 2.23. The van der Waals surface area contributed by atoms with Crippen LogP contribution in [-0.4, -0.2) is 34.2 Å². The molecule has 7 heteroatoms. The van der Waals surface area contributed by atoms with Crippen molar-refractivity contribution in [1.29, 1.82) is 5.26 Å². The van der Waals surface area contributed by atoms with E-state index in [0.717, 1.165) is 18.8 Å². The Morgan fingerprint density at radius 1 is 1.20 bits per heavy atom. The Hall–Kier alpha value is -2.56. The van der Waals surface area contributed by atoms with Gasteiger partial charge in [-0.25, -0.2) is 8.42 Å². The molecule has 1 N–H and O–H groups in total. The molecule has 3 rings (SSSR count). The van der Waals surface area contributed by atoms with Crippen molar-refractivity contribution in [1.82, 2.24) is 0 Å². The molecule has 0 aromatic heterocycles. The van der Waals surface area contributed by atoms with E-state index in [9.17, 15) is 8.42 Å². The fourth-order valence-electron chi connectivity index (χ4n) is 2.80. The van der Waals surface area contributed by atoms with Crippen molar-refractivity contribution < 1.29 is 13.2 Å². The van der Waals surface area contributed by atoms with Crippen LogP contribution in [0.5, 0.6) is 0 Å². The number of morpholine rings is 1. The highest BCUT2D eigenvalue weighted by Gasteiger charge is 2.19. The summed E-state index contributed by atoms with van der Waals surface area (Å²) in [4.78, 5) is 2.18. The lowest BCUT2D eigenvalue weighted by Crippen LogP contribution is -2.41. The minimum Gasteiger partial charge on any atom is -0.375 e. The van der Waals surface area contributed by atoms with E-state index in [0.29, 0.717) is 12.3 Å². The summed E-state index contributed by atoms with van der Waals surface area (Å²) >= 11 is 0. The first-order valence-corrected chi connectivity index (χ1v) is 9.46. The molecule has 0 aliphatic carbocycles. The van der Waals surface area contributed by atoms with Crippen LogP contribution < -0.4 is 9.62 Å². The maximum atomic E-state index is 12.5. The molecule has 1 unspecified atom stereocenters. The number of sulfonamides is 1. The second-order valence-electron chi connectivity index (χ2n) is 5.89. The number of nitrogens with one attached hydrogen (secondary N) is 1. The SMILES string of the molecule is CC1CN(c2ccc(NS(=O)(=O)c3ccccc3C#N)cc2)CCO1. The number of anilines is 2. The Bertz CT molecular complexity index is 889. The van der Waals surface area contributed by atoms with E-state index in [1.807, 2.05) is 25.1 Å². The molecule has 25 heavy (non-hydrogen) atoms. The van der Waals surface area contributed by atoms with Gasteiger partial charge in [-0.3, -0.25) is 4.72 Å². The summed E-state index contributed by atoms with van der Waals surface area (Å²) in [5.74, 6) is 0. The van der Waals surface area contributed by atoms with Crippen LogP contribution in [-0.2, 0) is 14.8 Å². The Kier molecular flexibility index (Phi) is 4.93. The lowest BCUT2D eigenvalue weighted by Gasteiger charge is -2.33. The average molecular weight is 357 g/mol. The van der Waals surface area contributed by atoms with Crippen LogP contribution in [0, 0.1) is 11.3 Å². The van der Waals surface area contributed by atoms with Gasteiger partial charge >= 0.3 is 0 Å². The zero-order valence-corrected chi connectivity index (χ0v) is 14.7. The fraction of sp³-hybridized carbons (Fsp3) is 0.278. The number of hydrogen-bond acceptors (Lipinski definition) is 5. The molecular formula is C18H19N3O3S. The highest BCUT2D eigenvalue weighted by molar-refractivity contribution is 7.92. The average Bonchev–Trinajstić information content (AvgIpc) is 2.62. The van der Waals surface area contributed by atoms with E-state index in [2.05, 4.69) is 9.62 Å². The third-order valence-electron chi connectivity index (χ3n) is 4.02. The van der Waals surface area contributed by atoms with E-state index in [-0.39, 0.29) is 16.6 Å². The molecule has 0 saturated carbocycles. The van der Waals surface area contributed by atoms with Gasteiger partial charge in [0, 0.05) is 24.5 Å². The molecular weight excluding hydrogens is 338 g/mol. The summed E-state index contributed by atoms with van der Waals surface area (Å²) in [6.45, 7) is 4.33. The molecule has 1 fully saturated rings. The number of rotatable bonds is 4. The minimum atomic E-state index is -3.81. The molecule has 2 aromatic carbocycles. The van der Waals surface area contributed by atoms with Crippen LogP contribution in [0.3, 0.4) is 0 Å². The van der Waals surface area contributed by atoms with Crippen LogP contribution in [0.25, 0.3) is 0 Å². The number of nitriles is 1. The molecule has 1 saturated heterocycles. The molecule has 6 nitrogen and oxygen atoms in total. The van der Waals surface area contributed by atoms with Crippen molar-refractivity contribution in [3.8, 4) is 6.07 Å². The van der Waals surface area contributed by atoms with E-state index in [4.69, 9.17) is 10.00 Å². The molecule has 1 aliphatic heterocycles. The Balaban J connectivity index is 1.78. The highest BCUT2D eigenvalue weighted by atomic mass is 32.2. The smallest absolute Gasteiger partial charge is 0.263 e. The van der Waals surface area contributed by atoms with Gasteiger partial charge in [-0.2, -0.15) is 5.26 Å². The third kappa shape index (κ3) is 3.92. The number of nitrogens with zero attached hydrogens (tertiary/aromatic N) is 2. The first-order valence-electron chi connectivity index (χ1n) is 7.98. The van der Waals surface area contributed by atoms with Gasteiger partial charge < -0.3 is 9.64 Å². The van der Waals surface area contributed by atoms with Crippen molar-refractivity contribution in [2.75, 3.05) is 29.3 Å². The lowest BCUT2D eigenvalue weighted by atomic mass is 10.2. The Morgan fingerprint density at radius 3 is 2.60 bits per heavy atom. The van der Waals surface area contributed by atoms with Crippen LogP contribution in [0.1, 0.15) is 12.5 Å². The van der Waals surface area contributed by atoms with Crippen LogP contribution in [0.4, 0.5) is 11.4 Å². The topological polar surface area (TPSA) is 82.4 Å². The van der Waals surface area contributed by atoms with Crippen molar-refractivity contribution in [2.45, 2.75) is 17.9 Å². The molecule has 0 radical (unpaired) electrons. The molecule has 130 valence electrons. The normalized spacial score (nSPS) is 17.8. The molecule has 1 atom stereocenters. The summed E-state index contributed by atoms with van der Waals surface area (Å²) in [6.07, 6.45) is 0.175. The van der Waals surface area contributed by atoms with E-state index in [1.165, 1.54) is 12.1 Å². The van der Waals surface area contributed by atoms with Crippen molar-refractivity contribution >= 4 is 21.4 Å². The molecule has 0 spiro atoms. The van der Waals surface area contributed by atoms with E-state index >= 15 is 0 Å². The molecule has 0 bridgehead atoms. The summed E-state index contributed by atoms with van der Waals surface area (Å²) in [5.41, 5.74) is 1.60. The van der Waals surface area contributed by atoms with E-state index in [1.54, 1.807) is 24.3 Å². The fourth-order valence-corrected chi connectivity index (χ4v) is 4.01. The third-order valence-corrected chi connectivity index (χ3v) is 5.46. The zero-order valence-electron chi connectivity index (χ0n) is 13.8. The van der Waals surface area contributed by atoms with Crippen molar-refractivity contribution in [2.24, 2.45) is 0 Å². The number of benzene rings is 2. The van der Waals surface area contributed by atoms with Gasteiger partial charge in [-0.05, 0) is 43.3 Å². The summed E-state index contributed by atoms with van der Waals surface area (Å²) < 4.78 is 33.1. The second kappa shape index (κ2) is 7.13. The van der Waals surface area contributed by atoms with Crippen molar-refractivity contribution in [3.63, 3.8) is 0 Å². The summed E-state index contributed by atoms with van der Waals surface area (Å²) in [5, 5.41) is 9.09. The van der Waals surface area contributed by atoms with Crippen LogP contribution in [0.2, 0.25) is 0 Å². The maximum absolute atomic E-state index is 12.5. The molecule has 1 heterocycles. The monoisotopic (exact) mass is 357 g/mol. The van der Waals surface area contributed by atoms with Gasteiger partial charge in [0.25, 0.3) is 10.0 Å². The minimum absolute atomic E-state index is 0.0245. The maximum Gasteiger partial charge on any atom is 0.263 e. The number of ether oxygens (including phenoxy) is 1. The summed E-state index contributed by atoms with van der Waals surface area (Å²) in [6, 6.07) is 15.3. The largest absolute Gasteiger partial charge is 0.375 e. The molecule has 1 aliphatic rings. The molecule has 0 amide bonds. The van der Waals surface area contributed by atoms with Gasteiger partial charge in [0.15, 0.2) is 0 Å². The predicted molar refractivity (Wildman–Crippen MR) is 96.0 cm³/mol. The van der Waals surface area contributed by atoms with Gasteiger partial charge in [0.2, 0.25) is 0 Å². The van der Waals surface area contributed by atoms with Gasteiger partial charge in [0.05, 0.1) is 18.3 Å². The zero-order chi connectivity index (χ0) is 17.9. The predicted octanol–water partition coefficient (Wildman–Crippen LogP) is 2.58. The van der Waals surface area contributed by atoms with Crippen molar-refractivity contribution in [3.05, 3.63) is 54.1 Å². The van der Waals surface area contributed by atoms with Gasteiger partial charge in [-0.1, -0.05) is 12.1 Å². The molecule has 2 aromatic rings. The number of hydrogen-bond donors (Lipinski definition) is 1. The first-order chi connectivity index (χ1) is 12.0. The standard InChI is InChI=1S/C18H19N3O3S/c1-14-13-21(10-11-24-14)17-8-6-16(7-9-17)20-25(22,23)18-5-3-2-4-15(18)12-19/h2-9,14,20H,10-11,13H2,1H3. The van der Waals surface area contributed by atoms with E-state index < -0.39 is 10.0 Å². The van der Waals surface area contributed by atoms with Crippen LogP contribution >= 0.6 is 0 Å². The quantitative estimate of drug-likeness (QED) is 0.909. The van der Waals surface area contributed by atoms with Gasteiger partial charge in [-0.15, -0.1) is 0 Å². The first kappa shape index (κ1) is 17.3. The van der Waals surface area contributed by atoms with Gasteiger partial charge in [0.1, 0.15) is 11.0 Å². The Labute approximate surface area is 147 Å². The second-order valence-corrected chi connectivity index (χ2v) is 7.54. The van der Waals surface area contributed by atoms with Crippen LogP contribution in [0.15, 0.2) is 53.4 Å².